The number of fused-ring (bicyclic) bond motifs is 1. The average Bonchev–Trinajstić information content (AvgIpc) is 2.51. The largest absolute Gasteiger partial charge is 0.466 e. The van der Waals surface area contributed by atoms with Crippen LogP contribution in [0.1, 0.15) is 5.56 Å². The quantitative estimate of drug-likeness (QED) is 0.615. The highest BCUT2D eigenvalue weighted by Crippen LogP contribution is 2.41. The summed E-state index contributed by atoms with van der Waals surface area (Å²) in [6, 6.07) is 4.91. The molecule has 6 heteroatoms. The van der Waals surface area contributed by atoms with E-state index < -0.39 is 17.5 Å². The Balaban J connectivity index is 2.69. The molecule has 1 atom stereocenters. The van der Waals surface area contributed by atoms with Crippen LogP contribution >= 0.6 is 15.9 Å². The molecule has 90 valence electrons. The van der Waals surface area contributed by atoms with Crippen LogP contribution in [0, 0.1) is 0 Å². The van der Waals surface area contributed by atoms with Gasteiger partial charge in [0.1, 0.15) is 0 Å². The van der Waals surface area contributed by atoms with Gasteiger partial charge in [-0.3, -0.25) is 4.79 Å². The molecule has 1 unspecified atom stereocenters. The maximum Gasteiger partial charge on any atom is 0.352 e. The molecule has 1 aliphatic rings. The zero-order valence-corrected chi connectivity index (χ0v) is 10.8. The van der Waals surface area contributed by atoms with E-state index in [9.17, 15) is 14.7 Å². The summed E-state index contributed by atoms with van der Waals surface area (Å²) >= 11 is 3.23. The lowest BCUT2D eigenvalue weighted by molar-refractivity contribution is -0.168. The Morgan fingerprint density at radius 3 is 2.76 bits per heavy atom. The Labute approximate surface area is 106 Å². The molecule has 1 N–H and O–H groups in total. The van der Waals surface area contributed by atoms with Crippen molar-refractivity contribution in [2.24, 2.45) is 0 Å². The number of anilines is 1. The minimum atomic E-state index is -2.25. The van der Waals surface area contributed by atoms with Gasteiger partial charge in [0.05, 0.1) is 12.8 Å². The molecule has 1 aromatic carbocycles. The molecule has 0 radical (unpaired) electrons. The second-order valence-corrected chi connectivity index (χ2v) is 4.64. The van der Waals surface area contributed by atoms with Crippen LogP contribution in [0.4, 0.5) is 5.69 Å². The number of nitrogens with zero attached hydrogens (tertiary/aromatic N) is 1. The maximum atomic E-state index is 12.0. The third-order valence-electron chi connectivity index (χ3n) is 2.80. The Morgan fingerprint density at radius 1 is 1.53 bits per heavy atom. The van der Waals surface area contributed by atoms with E-state index in [-0.39, 0.29) is 5.56 Å². The van der Waals surface area contributed by atoms with E-state index in [0.717, 1.165) is 7.11 Å². The van der Waals surface area contributed by atoms with Crippen LogP contribution in [0.5, 0.6) is 0 Å². The first-order valence-electron chi connectivity index (χ1n) is 4.82. The maximum absolute atomic E-state index is 12.0. The molecular weight excluding hydrogens is 290 g/mol. The Kier molecular flexibility index (Phi) is 2.71. The van der Waals surface area contributed by atoms with Gasteiger partial charge in [0.15, 0.2) is 0 Å². The molecule has 1 heterocycles. The predicted molar refractivity (Wildman–Crippen MR) is 63.5 cm³/mol. The molecule has 1 amide bonds. The summed E-state index contributed by atoms with van der Waals surface area (Å²) in [5.74, 6) is -1.69. The van der Waals surface area contributed by atoms with E-state index >= 15 is 0 Å². The van der Waals surface area contributed by atoms with Crippen molar-refractivity contribution in [1.29, 1.82) is 0 Å². The van der Waals surface area contributed by atoms with E-state index in [2.05, 4.69) is 20.7 Å². The number of amides is 1. The normalized spacial score (nSPS) is 22.6. The lowest BCUT2D eigenvalue weighted by Crippen LogP contribution is -2.45. The number of likely N-dealkylation sites (N-methyl/N-ethyl adjacent to an activating group) is 1. The van der Waals surface area contributed by atoms with Gasteiger partial charge in [-0.25, -0.2) is 4.79 Å². The summed E-state index contributed by atoms with van der Waals surface area (Å²) in [6.07, 6.45) is 0. The highest BCUT2D eigenvalue weighted by molar-refractivity contribution is 9.10. The van der Waals surface area contributed by atoms with Gasteiger partial charge < -0.3 is 14.7 Å². The summed E-state index contributed by atoms with van der Waals surface area (Å²) < 4.78 is 5.17. The van der Waals surface area contributed by atoms with Crippen molar-refractivity contribution in [3.05, 3.63) is 28.2 Å². The minimum Gasteiger partial charge on any atom is -0.466 e. The smallest absolute Gasteiger partial charge is 0.352 e. The monoisotopic (exact) mass is 299 g/mol. The molecule has 2 rings (SSSR count). The van der Waals surface area contributed by atoms with Crippen molar-refractivity contribution in [1.82, 2.24) is 0 Å². The summed E-state index contributed by atoms with van der Waals surface area (Å²) in [7, 11) is 2.62. The number of aliphatic hydroxyl groups is 1. The molecule has 0 saturated carbocycles. The van der Waals surface area contributed by atoms with Gasteiger partial charge in [-0.15, -0.1) is 0 Å². The van der Waals surface area contributed by atoms with Crippen molar-refractivity contribution < 1.29 is 19.4 Å². The molecule has 0 aromatic heterocycles. The first-order valence-corrected chi connectivity index (χ1v) is 5.61. The van der Waals surface area contributed by atoms with E-state index in [0.29, 0.717) is 10.2 Å². The summed E-state index contributed by atoms with van der Waals surface area (Å²) in [4.78, 5) is 24.8. The van der Waals surface area contributed by atoms with Crippen molar-refractivity contribution in [2.75, 3.05) is 19.1 Å². The van der Waals surface area contributed by atoms with Gasteiger partial charge in [-0.1, -0.05) is 15.9 Å². The standard InChI is InChI=1S/C11H10BrNO4/c1-13-8-4-3-6(12)5-7(8)11(16,9(13)14)10(15)17-2/h3-5,16H,1-2H3. The van der Waals surface area contributed by atoms with Gasteiger partial charge in [-0.05, 0) is 18.2 Å². The Hall–Kier alpha value is -1.40. The van der Waals surface area contributed by atoms with Crippen molar-refractivity contribution in [3.8, 4) is 0 Å². The number of carbonyl (C=O) groups is 2. The number of hydrogen-bond acceptors (Lipinski definition) is 4. The second kappa shape index (κ2) is 3.82. The van der Waals surface area contributed by atoms with E-state index in [4.69, 9.17) is 0 Å². The van der Waals surface area contributed by atoms with Crippen LogP contribution in [0.2, 0.25) is 0 Å². The molecule has 1 aromatic rings. The molecule has 0 spiro atoms. The van der Waals surface area contributed by atoms with Crippen molar-refractivity contribution >= 4 is 33.5 Å². The topological polar surface area (TPSA) is 66.8 Å². The number of halogens is 1. The van der Waals surface area contributed by atoms with Gasteiger partial charge in [0.25, 0.3) is 11.5 Å². The molecule has 0 saturated heterocycles. The second-order valence-electron chi connectivity index (χ2n) is 3.73. The van der Waals surface area contributed by atoms with Gasteiger partial charge in [0.2, 0.25) is 0 Å². The first kappa shape index (κ1) is 12.1. The van der Waals surface area contributed by atoms with E-state index in [1.165, 1.54) is 18.0 Å². The zero-order chi connectivity index (χ0) is 12.8. The van der Waals surface area contributed by atoms with Crippen LogP contribution in [-0.4, -0.2) is 31.1 Å². The fraction of sp³-hybridized carbons (Fsp3) is 0.273. The van der Waals surface area contributed by atoms with Gasteiger partial charge >= 0.3 is 5.97 Å². The van der Waals surface area contributed by atoms with Crippen molar-refractivity contribution in [3.63, 3.8) is 0 Å². The lowest BCUT2D eigenvalue weighted by Gasteiger charge is -2.18. The van der Waals surface area contributed by atoms with Crippen molar-refractivity contribution in [2.45, 2.75) is 5.60 Å². The lowest BCUT2D eigenvalue weighted by atomic mass is 9.96. The SMILES string of the molecule is COC(=O)C1(O)C(=O)N(C)c2ccc(Br)cc21. The summed E-state index contributed by atoms with van der Waals surface area (Å²) in [5.41, 5.74) is -1.53. The third-order valence-corrected chi connectivity index (χ3v) is 3.30. The molecule has 0 aliphatic carbocycles. The van der Waals surface area contributed by atoms with Crippen LogP contribution in [0.3, 0.4) is 0 Å². The average molecular weight is 300 g/mol. The highest BCUT2D eigenvalue weighted by atomic mass is 79.9. The molecule has 17 heavy (non-hydrogen) atoms. The number of carbonyl (C=O) groups excluding carboxylic acids is 2. The van der Waals surface area contributed by atoms with E-state index in [1.54, 1.807) is 12.1 Å². The first-order chi connectivity index (χ1) is 7.92. The van der Waals surface area contributed by atoms with E-state index in [1.807, 2.05) is 0 Å². The van der Waals surface area contributed by atoms with Crippen LogP contribution in [0.15, 0.2) is 22.7 Å². The molecule has 0 fully saturated rings. The molecule has 0 bridgehead atoms. The Bertz CT molecular complexity index is 516. The number of rotatable bonds is 1. The highest BCUT2D eigenvalue weighted by Gasteiger charge is 2.55. The Morgan fingerprint density at radius 2 is 2.18 bits per heavy atom. The molecule has 5 nitrogen and oxygen atoms in total. The number of hydrogen-bond donors (Lipinski definition) is 1. The summed E-state index contributed by atoms with van der Waals surface area (Å²) in [6.45, 7) is 0. The zero-order valence-electron chi connectivity index (χ0n) is 9.23. The molecule has 1 aliphatic heterocycles. The van der Waals surface area contributed by atoms with Crippen LogP contribution in [-0.2, 0) is 19.9 Å². The fourth-order valence-corrected chi connectivity index (χ4v) is 2.26. The number of esters is 1. The summed E-state index contributed by atoms with van der Waals surface area (Å²) in [5, 5.41) is 10.3. The third kappa shape index (κ3) is 1.48. The number of methoxy groups -OCH3 is 1. The van der Waals surface area contributed by atoms with Gasteiger partial charge in [0, 0.05) is 17.1 Å². The molecular formula is C11H10BrNO4. The fourth-order valence-electron chi connectivity index (χ4n) is 1.90. The predicted octanol–water partition coefficient (Wildman–Crippen LogP) is 0.786. The van der Waals surface area contributed by atoms with Crippen LogP contribution < -0.4 is 4.90 Å². The number of benzene rings is 1. The van der Waals surface area contributed by atoms with Gasteiger partial charge in [-0.2, -0.15) is 0 Å². The number of ether oxygens (including phenoxy) is 1. The minimum absolute atomic E-state index is 0.228. The van der Waals surface area contributed by atoms with Crippen LogP contribution in [0.25, 0.3) is 0 Å².